The maximum atomic E-state index is 11.1. The minimum Gasteiger partial charge on any atom is -0.478 e. The van der Waals surface area contributed by atoms with E-state index in [-0.39, 0.29) is 5.56 Å². The van der Waals surface area contributed by atoms with E-state index < -0.39 is 5.97 Å². The zero-order chi connectivity index (χ0) is 18.6. The summed E-state index contributed by atoms with van der Waals surface area (Å²) in [5.74, 6) is 0.338. The monoisotopic (exact) mass is 367 g/mol. The fourth-order valence-electron chi connectivity index (χ4n) is 3.38. The number of benzene rings is 1. The number of hydrogen-bond acceptors (Lipinski definition) is 6. The topological polar surface area (TPSA) is 113 Å². The smallest absolute Gasteiger partial charge is 0.335 e. The molecule has 1 aliphatic carbocycles. The molecule has 27 heavy (non-hydrogen) atoms. The van der Waals surface area contributed by atoms with Crippen molar-refractivity contribution < 1.29 is 14.6 Å². The van der Waals surface area contributed by atoms with E-state index in [1.807, 2.05) is 0 Å². The van der Waals surface area contributed by atoms with Crippen LogP contribution >= 0.6 is 0 Å². The number of ether oxygens (including phenoxy) is 1. The lowest BCUT2D eigenvalue weighted by atomic mass is 9.90. The van der Waals surface area contributed by atoms with E-state index >= 15 is 0 Å². The number of aromatic nitrogens is 4. The highest BCUT2D eigenvalue weighted by Gasteiger charge is 2.17. The largest absolute Gasteiger partial charge is 0.478 e. The molecule has 8 nitrogen and oxygen atoms in total. The van der Waals surface area contributed by atoms with Crippen LogP contribution in [0.15, 0.2) is 30.6 Å². The predicted molar refractivity (Wildman–Crippen MR) is 100 cm³/mol. The lowest BCUT2D eigenvalue weighted by Crippen LogP contribution is -2.16. The summed E-state index contributed by atoms with van der Waals surface area (Å²) in [6.45, 7) is 0.624. The van der Waals surface area contributed by atoms with Crippen LogP contribution in [0.3, 0.4) is 0 Å². The van der Waals surface area contributed by atoms with E-state index in [4.69, 9.17) is 9.84 Å². The van der Waals surface area contributed by atoms with Gasteiger partial charge < -0.3 is 20.1 Å². The van der Waals surface area contributed by atoms with E-state index in [9.17, 15) is 4.79 Å². The van der Waals surface area contributed by atoms with Gasteiger partial charge in [0, 0.05) is 5.69 Å². The zero-order valence-corrected chi connectivity index (χ0v) is 14.8. The molecule has 0 aliphatic heterocycles. The van der Waals surface area contributed by atoms with E-state index in [1.54, 1.807) is 18.5 Å². The van der Waals surface area contributed by atoms with Gasteiger partial charge >= 0.3 is 5.97 Å². The predicted octanol–water partition coefficient (Wildman–Crippen LogP) is 3.75. The molecular weight excluding hydrogens is 346 g/mol. The maximum Gasteiger partial charge on any atom is 0.335 e. The third-order valence-electron chi connectivity index (χ3n) is 4.80. The van der Waals surface area contributed by atoms with Crippen molar-refractivity contribution in [2.45, 2.75) is 32.1 Å². The highest BCUT2D eigenvalue weighted by atomic mass is 16.5. The molecule has 3 N–H and O–H groups in total. The summed E-state index contributed by atoms with van der Waals surface area (Å²) in [4.78, 5) is 27.2. The van der Waals surface area contributed by atoms with E-state index in [2.05, 4.69) is 25.3 Å². The summed E-state index contributed by atoms with van der Waals surface area (Å²) in [5.41, 5.74) is 1.94. The number of rotatable bonds is 6. The van der Waals surface area contributed by atoms with Crippen LogP contribution in [0.25, 0.3) is 11.2 Å². The van der Waals surface area contributed by atoms with Crippen molar-refractivity contribution >= 4 is 28.8 Å². The molecular formula is C19H21N5O3. The molecule has 0 saturated heterocycles. The van der Waals surface area contributed by atoms with Gasteiger partial charge in [-0.1, -0.05) is 25.3 Å². The second-order valence-corrected chi connectivity index (χ2v) is 6.78. The first-order valence-electron chi connectivity index (χ1n) is 9.13. The van der Waals surface area contributed by atoms with Crippen molar-refractivity contribution in [3.05, 3.63) is 36.2 Å². The molecule has 2 aromatic heterocycles. The third-order valence-corrected chi connectivity index (χ3v) is 4.80. The Morgan fingerprint density at radius 3 is 2.93 bits per heavy atom. The first-order valence-corrected chi connectivity index (χ1v) is 9.13. The van der Waals surface area contributed by atoms with Crippen molar-refractivity contribution in [2.75, 3.05) is 11.9 Å². The molecule has 2 heterocycles. The fraction of sp³-hybridized carbons (Fsp3) is 0.368. The second kappa shape index (κ2) is 7.61. The van der Waals surface area contributed by atoms with Gasteiger partial charge in [-0.15, -0.1) is 0 Å². The summed E-state index contributed by atoms with van der Waals surface area (Å²) in [6.07, 6.45) is 7.74. The molecule has 140 valence electrons. The first-order chi connectivity index (χ1) is 13.2. The van der Waals surface area contributed by atoms with Crippen LogP contribution in [0.2, 0.25) is 0 Å². The van der Waals surface area contributed by atoms with Gasteiger partial charge in [0.25, 0.3) is 0 Å². The molecule has 0 bridgehead atoms. The van der Waals surface area contributed by atoms with Gasteiger partial charge in [-0.2, -0.15) is 9.97 Å². The number of fused-ring (bicyclic) bond motifs is 1. The normalized spacial score (nSPS) is 15.0. The van der Waals surface area contributed by atoms with Gasteiger partial charge in [0.05, 0.1) is 18.5 Å². The zero-order valence-electron chi connectivity index (χ0n) is 14.8. The highest BCUT2D eigenvalue weighted by Crippen LogP contribution is 2.27. The molecule has 0 atom stereocenters. The SMILES string of the molecule is O=C(O)c1cccc(Nc2nc(OCC3CCCCC3)c3[nH]cnc3n2)c1. The van der Waals surface area contributed by atoms with Crippen molar-refractivity contribution in [1.29, 1.82) is 0 Å². The molecule has 3 aromatic rings. The van der Waals surface area contributed by atoms with Crippen LogP contribution in [-0.4, -0.2) is 37.6 Å². The number of nitrogens with zero attached hydrogens (tertiary/aromatic N) is 3. The Morgan fingerprint density at radius 1 is 1.26 bits per heavy atom. The van der Waals surface area contributed by atoms with Crippen molar-refractivity contribution in [3.8, 4) is 5.88 Å². The Kier molecular flexibility index (Phi) is 4.86. The Labute approximate surface area is 156 Å². The van der Waals surface area contributed by atoms with Crippen LogP contribution in [0.5, 0.6) is 5.88 Å². The van der Waals surface area contributed by atoms with E-state index in [0.29, 0.717) is 41.2 Å². The number of anilines is 2. The van der Waals surface area contributed by atoms with Crippen LogP contribution in [0, 0.1) is 5.92 Å². The fourth-order valence-corrected chi connectivity index (χ4v) is 3.38. The summed E-state index contributed by atoms with van der Waals surface area (Å²) in [6, 6.07) is 6.49. The number of carbonyl (C=O) groups is 1. The summed E-state index contributed by atoms with van der Waals surface area (Å²) >= 11 is 0. The summed E-state index contributed by atoms with van der Waals surface area (Å²) in [7, 11) is 0. The number of carboxylic acid groups (broad SMARTS) is 1. The molecule has 0 unspecified atom stereocenters. The molecule has 4 rings (SSSR count). The Bertz CT molecular complexity index is 949. The standard InChI is InChI=1S/C19H21N5O3/c25-18(26)13-7-4-8-14(9-13)22-19-23-16-15(20-11-21-16)17(24-19)27-10-12-5-2-1-3-6-12/h4,7-9,11-12H,1-3,5-6,10H2,(H,25,26)(H2,20,21,22,23,24). The Balaban J connectivity index is 1.56. The number of imidazole rings is 1. The minimum atomic E-state index is -0.987. The molecule has 0 amide bonds. The van der Waals surface area contributed by atoms with Crippen LogP contribution in [0.4, 0.5) is 11.6 Å². The molecule has 0 radical (unpaired) electrons. The van der Waals surface area contributed by atoms with Crippen molar-refractivity contribution in [3.63, 3.8) is 0 Å². The summed E-state index contributed by atoms with van der Waals surface area (Å²) in [5, 5.41) is 12.2. The lowest BCUT2D eigenvalue weighted by molar-refractivity contribution is 0.0697. The number of H-pyrrole nitrogens is 1. The van der Waals surface area contributed by atoms with Gasteiger partial charge in [-0.05, 0) is 37.0 Å². The van der Waals surface area contributed by atoms with Gasteiger partial charge in [0.15, 0.2) is 5.65 Å². The average molecular weight is 367 g/mol. The molecule has 1 saturated carbocycles. The maximum absolute atomic E-state index is 11.1. The minimum absolute atomic E-state index is 0.189. The van der Waals surface area contributed by atoms with Gasteiger partial charge in [-0.3, -0.25) is 0 Å². The third kappa shape index (κ3) is 3.99. The highest BCUT2D eigenvalue weighted by molar-refractivity contribution is 5.89. The Morgan fingerprint density at radius 2 is 2.11 bits per heavy atom. The molecule has 1 aliphatic rings. The first kappa shape index (κ1) is 17.3. The molecule has 1 aromatic carbocycles. The number of aromatic carboxylic acids is 1. The van der Waals surface area contributed by atoms with Crippen LogP contribution < -0.4 is 10.1 Å². The van der Waals surface area contributed by atoms with Gasteiger partial charge in [0.1, 0.15) is 5.52 Å². The summed E-state index contributed by atoms with van der Waals surface area (Å²) < 4.78 is 6.00. The average Bonchev–Trinajstić information content (AvgIpc) is 3.16. The van der Waals surface area contributed by atoms with E-state index in [0.717, 1.165) is 0 Å². The quantitative estimate of drug-likeness (QED) is 0.608. The van der Waals surface area contributed by atoms with Crippen LogP contribution in [-0.2, 0) is 0 Å². The van der Waals surface area contributed by atoms with Crippen molar-refractivity contribution in [2.24, 2.45) is 5.92 Å². The molecule has 8 heteroatoms. The number of nitrogens with one attached hydrogen (secondary N) is 2. The van der Waals surface area contributed by atoms with Crippen LogP contribution in [0.1, 0.15) is 42.5 Å². The van der Waals surface area contributed by atoms with Crippen molar-refractivity contribution in [1.82, 2.24) is 19.9 Å². The number of carboxylic acids is 1. The molecule has 1 fully saturated rings. The molecule has 0 spiro atoms. The number of aromatic amines is 1. The number of hydrogen-bond donors (Lipinski definition) is 3. The van der Waals surface area contributed by atoms with Gasteiger partial charge in [0.2, 0.25) is 11.8 Å². The van der Waals surface area contributed by atoms with E-state index in [1.165, 1.54) is 44.2 Å². The van der Waals surface area contributed by atoms with Gasteiger partial charge in [-0.25, -0.2) is 9.78 Å². The Hall–Kier alpha value is -3.16. The lowest BCUT2D eigenvalue weighted by Gasteiger charge is -2.21. The second-order valence-electron chi connectivity index (χ2n) is 6.78.